The summed E-state index contributed by atoms with van der Waals surface area (Å²) in [5.74, 6) is 5.63. The quantitative estimate of drug-likeness (QED) is 0.379. The zero-order valence-corrected chi connectivity index (χ0v) is 7.41. The van der Waals surface area contributed by atoms with Crippen LogP contribution in [0.2, 0.25) is 0 Å². The Bertz CT molecular complexity index is 107. The summed E-state index contributed by atoms with van der Waals surface area (Å²) in [6.45, 7) is 5.52. The van der Waals surface area contributed by atoms with Gasteiger partial charge in [-0.2, -0.15) is 0 Å². The highest BCUT2D eigenvalue weighted by Crippen LogP contribution is 2.11. The van der Waals surface area contributed by atoms with Gasteiger partial charge in [0.2, 0.25) is 0 Å². The average Bonchev–Trinajstić information content (AvgIpc) is 1.88. The van der Waals surface area contributed by atoms with Gasteiger partial charge in [-0.25, -0.2) is 5.01 Å². The van der Waals surface area contributed by atoms with Crippen molar-refractivity contribution in [3.05, 3.63) is 0 Å². The number of hydrogen-bond acceptors (Lipinski definition) is 4. The summed E-state index contributed by atoms with van der Waals surface area (Å²) in [5.41, 5.74) is -0.226. The summed E-state index contributed by atoms with van der Waals surface area (Å²) >= 11 is 0. The van der Waals surface area contributed by atoms with E-state index in [1.807, 2.05) is 20.8 Å². The minimum absolute atomic E-state index is 0.121. The molecule has 0 radical (unpaired) electrons. The molecule has 0 aliphatic heterocycles. The fourth-order valence-electron chi connectivity index (χ4n) is 0.781. The van der Waals surface area contributed by atoms with Crippen molar-refractivity contribution in [3.63, 3.8) is 0 Å². The monoisotopic (exact) mass is 162 g/mol. The number of nitrogens with zero attached hydrogens (tertiary/aromatic N) is 1. The van der Waals surface area contributed by atoms with Crippen LogP contribution in [-0.4, -0.2) is 40.0 Å². The van der Waals surface area contributed by atoms with Gasteiger partial charge in [0.25, 0.3) is 0 Å². The normalized spacial score (nSPS) is 13.1. The van der Waals surface area contributed by atoms with E-state index in [1.165, 1.54) is 5.01 Å². The maximum Gasteiger partial charge on any atom is 0.0709 e. The first-order valence-corrected chi connectivity index (χ1v) is 3.69. The number of hydrogen-bond donors (Lipinski definition) is 3. The molecule has 0 spiro atoms. The highest BCUT2D eigenvalue weighted by Gasteiger charge is 2.24. The number of hydrazine groups is 1. The minimum Gasteiger partial charge on any atom is -0.395 e. The Morgan fingerprint density at radius 3 is 1.73 bits per heavy atom. The van der Waals surface area contributed by atoms with Crippen molar-refractivity contribution in [1.29, 1.82) is 0 Å². The van der Waals surface area contributed by atoms with Crippen LogP contribution in [-0.2, 0) is 0 Å². The molecule has 0 aromatic carbocycles. The van der Waals surface area contributed by atoms with Gasteiger partial charge in [-0.05, 0) is 20.8 Å². The van der Waals surface area contributed by atoms with Gasteiger partial charge < -0.3 is 10.2 Å². The molecule has 0 aliphatic rings. The molecule has 0 heterocycles. The summed E-state index contributed by atoms with van der Waals surface area (Å²) in [6.07, 6.45) is 0. The van der Waals surface area contributed by atoms with E-state index in [4.69, 9.17) is 16.1 Å². The van der Waals surface area contributed by atoms with Crippen LogP contribution in [0.1, 0.15) is 20.8 Å². The zero-order valence-electron chi connectivity index (χ0n) is 7.41. The lowest BCUT2D eigenvalue weighted by molar-refractivity contribution is 0.0145. The average molecular weight is 162 g/mol. The van der Waals surface area contributed by atoms with Crippen molar-refractivity contribution in [3.8, 4) is 0 Å². The van der Waals surface area contributed by atoms with Crippen LogP contribution in [0.15, 0.2) is 0 Å². The summed E-state index contributed by atoms with van der Waals surface area (Å²) in [7, 11) is 0. The molecule has 0 unspecified atom stereocenters. The zero-order chi connectivity index (χ0) is 9.07. The second-order valence-electron chi connectivity index (χ2n) is 3.60. The number of nitrogens with two attached hydrogens (primary N) is 1. The van der Waals surface area contributed by atoms with Gasteiger partial charge in [-0.15, -0.1) is 0 Å². The Morgan fingerprint density at radius 1 is 1.27 bits per heavy atom. The highest BCUT2D eigenvalue weighted by atomic mass is 16.3. The van der Waals surface area contributed by atoms with Crippen molar-refractivity contribution in [1.82, 2.24) is 5.01 Å². The molecule has 0 atom stereocenters. The molecule has 4 N–H and O–H groups in total. The van der Waals surface area contributed by atoms with Gasteiger partial charge in [-0.1, -0.05) is 0 Å². The molecule has 0 aromatic heterocycles. The van der Waals surface area contributed by atoms with Gasteiger partial charge in [0, 0.05) is 5.54 Å². The molecule has 0 aromatic rings. The maximum absolute atomic E-state index is 8.78. The number of aliphatic hydroxyl groups is 2. The van der Waals surface area contributed by atoms with Crippen LogP contribution >= 0.6 is 0 Å². The first-order valence-electron chi connectivity index (χ1n) is 3.69. The molecule has 0 bridgehead atoms. The van der Waals surface area contributed by atoms with Gasteiger partial charge >= 0.3 is 0 Å². The summed E-state index contributed by atoms with van der Waals surface area (Å²) in [6, 6.07) is -0.366. The summed E-state index contributed by atoms with van der Waals surface area (Å²) < 4.78 is 0. The van der Waals surface area contributed by atoms with Crippen molar-refractivity contribution in [2.24, 2.45) is 5.84 Å². The van der Waals surface area contributed by atoms with E-state index in [1.54, 1.807) is 0 Å². The van der Waals surface area contributed by atoms with Gasteiger partial charge in [0.1, 0.15) is 0 Å². The third-order valence-electron chi connectivity index (χ3n) is 1.59. The topological polar surface area (TPSA) is 69.7 Å². The fourth-order valence-corrected chi connectivity index (χ4v) is 0.781. The lowest BCUT2D eigenvalue weighted by Gasteiger charge is -2.36. The first-order chi connectivity index (χ1) is 4.93. The smallest absolute Gasteiger partial charge is 0.0709 e. The number of rotatable bonds is 3. The second-order valence-corrected chi connectivity index (χ2v) is 3.60. The molecule has 68 valence electrons. The van der Waals surface area contributed by atoms with Crippen LogP contribution in [0.4, 0.5) is 0 Å². The summed E-state index contributed by atoms with van der Waals surface area (Å²) in [5, 5.41) is 19.0. The molecule has 0 rings (SSSR count). The molecule has 11 heavy (non-hydrogen) atoms. The molecule has 4 nitrogen and oxygen atoms in total. The number of aliphatic hydroxyl groups excluding tert-OH is 2. The molecule has 0 saturated carbocycles. The molecule has 0 fully saturated rings. The third-order valence-corrected chi connectivity index (χ3v) is 1.59. The van der Waals surface area contributed by atoms with Crippen molar-refractivity contribution < 1.29 is 10.2 Å². The Labute approximate surface area is 67.6 Å². The molecule has 0 saturated heterocycles. The first kappa shape index (κ1) is 10.8. The van der Waals surface area contributed by atoms with Crippen LogP contribution < -0.4 is 5.84 Å². The standard InChI is InChI=1S/C7H18N2O2/c1-7(2,3)9(8)6(4-10)5-11/h6,10-11H,4-5,8H2,1-3H3. The molecule has 0 amide bonds. The van der Waals surface area contributed by atoms with Crippen molar-refractivity contribution >= 4 is 0 Å². The van der Waals surface area contributed by atoms with E-state index in [-0.39, 0.29) is 24.8 Å². The largest absolute Gasteiger partial charge is 0.395 e. The van der Waals surface area contributed by atoms with Gasteiger partial charge in [-0.3, -0.25) is 5.84 Å². The van der Waals surface area contributed by atoms with Crippen LogP contribution in [0.25, 0.3) is 0 Å². The SMILES string of the molecule is CC(C)(C)N(N)C(CO)CO. The second kappa shape index (κ2) is 4.01. The Morgan fingerprint density at radius 2 is 1.64 bits per heavy atom. The van der Waals surface area contributed by atoms with Crippen LogP contribution in [0.3, 0.4) is 0 Å². The van der Waals surface area contributed by atoms with Crippen LogP contribution in [0.5, 0.6) is 0 Å². The Hall–Kier alpha value is -0.160. The van der Waals surface area contributed by atoms with E-state index in [9.17, 15) is 0 Å². The maximum atomic E-state index is 8.78. The molecule has 4 heteroatoms. The fraction of sp³-hybridized carbons (Fsp3) is 1.00. The van der Waals surface area contributed by atoms with Crippen LogP contribution in [0, 0.1) is 0 Å². The summed E-state index contributed by atoms with van der Waals surface area (Å²) in [4.78, 5) is 0. The van der Waals surface area contributed by atoms with E-state index < -0.39 is 0 Å². The molecular weight excluding hydrogens is 144 g/mol. The van der Waals surface area contributed by atoms with E-state index in [2.05, 4.69) is 0 Å². The molecule has 0 aliphatic carbocycles. The van der Waals surface area contributed by atoms with E-state index >= 15 is 0 Å². The van der Waals surface area contributed by atoms with E-state index in [0.29, 0.717) is 0 Å². The lowest BCUT2D eigenvalue weighted by Crippen LogP contribution is -2.55. The van der Waals surface area contributed by atoms with Gasteiger partial charge in [0.05, 0.1) is 19.3 Å². The minimum atomic E-state index is -0.366. The van der Waals surface area contributed by atoms with E-state index in [0.717, 1.165) is 0 Å². The third kappa shape index (κ3) is 3.16. The lowest BCUT2D eigenvalue weighted by atomic mass is 10.1. The van der Waals surface area contributed by atoms with Gasteiger partial charge in [0.15, 0.2) is 0 Å². The molecular formula is C7H18N2O2. The predicted molar refractivity (Wildman–Crippen MR) is 43.7 cm³/mol. The van der Waals surface area contributed by atoms with Crippen molar-refractivity contribution in [2.75, 3.05) is 13.2 Å². The predicted octanol–water partition coefficient (Wildman–Crippen LogP) is -0.686. The highest BCUT2D eigenvalue weighted by molar-refractivity contribution is 4.77. The Balaban J connectivity index is 4.09. The Kier molecular flexibility index (Phi) is 3.96. The van der Waals surface area contributed by atoms with Crippen molar-refractivity contribution in [2.45, 2.75) is 32.4 Å².